The summed E-state index contributed by atoms with van der Waals surface area (Å²) in [4.78, 5) is 15.4. The van der Waals surface area contributed by atoms with Gasteiger partial charge in [0.2, 0.25) is 0 Å². The van der Waals surface area contributed by atoms with E-state index in [9.17, 15) is 9.90 Å². The molecule has 0 aliphatic carbocycles. The molecule has 0 amide bonds. The number of fused-ring (bicyclic) bond motifs is 1. The number of Topliss-reactive ketones (excluding diaryl/α,β-unsaturated/α-hetero) is 1. The Balaban J connectivity index is 2.33. The number of benzene rings is 1. The Kier molecular flexibility index (Phi) is 3.47. The van der Waals surface area contributed by atoms with Gasteiger partial charge in [-0.3, -0.25) is 9.79 Å². The van der Waals surface area contributed by atoms with Crippen LogP contribution in [0.3, 0.4) is 0 Å². The molecule has 0 saturated heterocycles. The van der Waals surface area contributed by atoms with Crippen molar-refractivity contribution < 1.29 is 9.90 Å². The third-order valence-corrected chi connectivity index (χ3v) is 2.91. The van der Waals surface area contributed by atoms with Crippen LogP contribution in [0.2, 0.25) is 0 Å². The highest BCUT2D eigenvalue weighted by Gasteiger charge is 2.05. The Hall–Kier alpha value is -2.08. The largest absolute Gasteiger partial charge is 0.512 e. The van der Waals surface area contributed by atoms with Crippen molar-refractivity contribution in [3.05, 3.63) is 29.5 Å². The van der Waals surface area contributed by atoms with Crippen LogP contribution >= 0.6 is 11.7 Å². The molecule has 0 unspecified atom stereocenters. The first-order valence-electron chi connectivity index (χ1n) is 5.25. The second-order valence-electron chi connectivity index (χ2n) is 3.75. The average molecular weight is 261 g/mol. The van der Waals surface area contributed by atoms with Crippen LogP contribution in [-0.2, 0) is 4.79 Å². The summed E-state index contributed by atoms with van der Waals surface area (Å²) >= 11 is 1.14. The van der Waals surface area contributed by atoms with Crippen molar-refractivity contribution in [2.45, 2.75) is 13.8 Å². The van der Waals surface area contributed by atoms with Gasteiger partial charge in [-0.25, -0.2) is 0 Å². The molecule has 0 radical (unpaired) electrons. The summed E-state index contributed by atoms with van der Waals surface area (Å²) in [6.45, 7) is 2.84. The lowest BCUT2D eigenvalue weighted by Gasteiger charge is -1.98. The second-order valence-corrected chi connectivity index (χ2v) is 4.28. The molecule has 0 spiro atoms. The van der Waals surface area contributed by atoms with Crippen molar-refractivity contribution in [3.8, 4) is 0 Å². The van der Waals surface area contributed by atoms with Crippen LogP contribution in [-0.4, -0.2) is 25.9 Å². The van der Waals surface area contributed by atoms with Crippen LogP contribution in [0, 0.1) is 0 Å². The molecule has 18 heavy (non-hydrogen) atoms. The Bertz CT molecular complexity index is 654. The van der Waals surface area contributed by atoms with Crippen molar-refractivity contribution in [2.75, 3.05) is 0 Å². The number of nitrogens with zero attached hydrogens (tertiary/aromatic N) is 3. The van der Waals surface area contributed by atoms with Crippen LogP contribution < -0.4 is 0 Å². The Morgan fingerprint density at radius 2 is 2.06 bits per heavy atom. The molecule has 92 valence electrons. The highest BCUT2D eigenvalue weighted by molar-refractivity contribution is 7.00. The van der Waals surface area contributed by atoms with Gasteiger partial charge in [-0.15, -0.1) is 0 Å². The molecule has 0 atom stereocenters. The van der Waals surface area contributed by atoms with Gasteiger partial charge in [0.1, 0.15) is 16.8 Å². The Morgan fingerprint density at radius 1 is 1.33 bits per heavy atom. The van der Waals surface area contributed by atoms with E-state index >= 15 is 0 Å². The first-order valence-corrected chi connectivity index (χ1v) is 5.98. The van der Waals surface area contributed by atoms with Gasteiger partial charge in [0.25, 0.3) is 0 Å². The van der Waals surface area contributed by atoms with E-state index in [1.807, 2.05) is 6.07 Å². The lowest BCUT2D eigenvalue weighted by atomic mass is 10.2. The first kappa shape index (κ1) is 12.4. The Labute approximate surface area is 108 Å². The summed E-state index contributed by atoms with van der Waals surface area (Å²) < 4.78 is 8.19. The number of carbonyl (C=O) groups excluding carboxylic acids is 1. The zero-order chi connectivity index (χ0) is 13.1. The van der Waals surface area contributed by atoms with E-state index in [1.54, 1.807) is 12.1 Å². The molecule has 0 bridgehead atoms. The summed E-state index contributed by atoms with van der Waals surface area (Å²) in [5.41, 5.74) is 2.45. The summed E-state index contributed by atoms with van der Waals surface area (Å²) in [6, 6.07) is 5.37. The molecule has 1 N–H and O–H groups in total. The predicted molar refractivity (Wildman–Crippen MR) is 71.6 cm³/mol. The maximum atomic E-state index is 11.2. The number of allylic oxidation sites excluding steroid dienone is 2. The minimum atomic E-state index is -0.227. The quantitative estimate of drug-likeness (QED) is 0.523. The summed E-state index contributed by atoms with van der Waals surface area (Å²) in [6.07, 6.45) is 1.36. The third kappa shape index (κ3) is 2.60. The number of aliphatic hydroxyl groups excluding tert-OH is 1. The van der Waals surface area contributed by atoms with Gasteiger partial charge < -0.3 is 5.11 Å². The van der Waals surface area contributed by atoms with Gasteiger partial charge in [-0.1, -0.05) is 0 Å². The molecule has 1 aromatic heterocycles. The molecule has 2 aromatic rings. The fraction of sp³-hybridized carbons (Fsp3) is 0.167. The molecule has 0 fully saturated rings. The van der Waals surface area contributed by atoms with Gasteiger partial charge >= 0.3 is 0 Å². The van der Waals surface area contributed by atoms with E-state index in [0.29, 0.717) is 5.69 Å². The molecular formula is C12H11N3O2S. The zero-order valence-electron chi connectivity index (χ0n) is 9.91. The number of rotatable bonds is 3. The lowest BCUT2D eigenvalue weighted by molar-refractivity contribution is -0.113. The number of aliphatic hydroxyl groups is 1. The molecular weight excluding hydrogens is 250 g/mol. The second kappa shape index (κ2) is 5.05. The first-order chi connectivity index (χ1) is 8.58. The standard InChI is InChI=1S/C12H11N3O2S/c1-7(16)10(8(2)17)6-13-9-3-4-11-12(5-9)15-18-14-11/h3-6,16H,1-2H3/b10-7+,13-6?. The van der Waals surface area contributed by atoms with Gasteiger partial charge in [0, 0.05) is 6.21 Å². The fourth-order valence-corrected chi connectivity index (χ4v) is 1.95. The summed E-state index contributed by atoms with van der Waals surface area (Å²) in [7, 11) is 0. The molecule has 0 aliphatic rings. The number of hydrogen-bond donors (Lipinski definition) is 1. The summed E-state index contributed by atoms with van der Waals surface area (Å²) in [5, 5.41) is 9.35. The smallest absolute Gasteiger partial charge is 0.164 e. The topological polar surface area (TPSA) is 75.4 Å². The van der Waals surface area contributed by atoms with Crippen LogP contribution in [0.4, 0.5) is 5.69 Å². The van der Waals surface area contributed by atoms with E-state index in [4.69, 9.17) is 0 Å². The molecule has 1 aromatic carbocycles. The molecule has 6 heteroatoms. The minimum Gasteiger partial charge on any atom is -0.512 e. The maximum absolute atomic E-state index is 11.2. The average Bonchev–Trinajstić information content (AvgIpc) is 2.75. The minimum absolute atomic E-state index is 0.0392. The maximum Gasteiger partial charge on any atom is 0.164 e. The molecule has 1 heterocycles. The zero-order valence-corrected chi connectivity index (χ0v) is 10.7. The van der Waals surface area contributed by atoms with Gasteiger partial charge in [0.05, 0.1) is 23.0 Å². The van der Waals surface area contributed by atoms with E-state index in [-0.39, 0.29) is 17.1 Å². The fourth-order valence-electron chi connectivity index (χ4n) is 1.43. The highest BCUT2D eigenvalue weighted by atomic mass is 32.1. The monoisotopic (exact) mass is 261 g/mol. The van der Waals surface area contributed by atoms with E-state index in [1.165, 1.54) is 20.1 Å². The number of ketones is 1. The number of aliphatic imine (C=N–C) groups is 1. The van der Waals surface area contributed by atoms with Gasteiger partial charge in [0.15, 0.2) is 5.78 Å². The van der Waals surface area contributed by atoms with E-state index < -0.39 is 0 Å². The number of aromatic nitrogens is 2. The van der Waals surface area contributed by atoms with Crippen LogP contribution in [0.5, 0.6) is 0 Å². The lowest BCUT2D eigenvalue weighted by Crippen LogP contribution is -2.01. The SMILES string of the molecule is CC(=O)/C(C=Nc1ccc2nsnc2c1)=C(\C)O. The van der Waals surface area contributed by atoms with Crippen molar-refractivity contribution >= 4 is 40.4 Å². The van der Waals surface area contributed by atoms with Crippen molar-refractivity contribution in [3.63, 3.8) is 0 Å². The van der Waals surface area contributed by atoms with E-state index in [0.717, 1.165) is 22.8 Å². The Morgan fingerprint density at radius 3 is 2.72 bits per heavy atom. The van der Waals surface area contributed by atoms with Crippen LogP contribution in [0.15, 0.2) is 34.5 Å². The van der Waals surface area contributed by atoms with Crippen molar-refractivity contribution in [1.29, 1.82) is 0 Å². The van der Waals surface area contributed by atoms with Crippen LogP contribution in [0.1, 0.15) is 13.8 Å². The predicted octanol–water partition coefficient (Wildman–Crippen LogP) is 2.81. The highest BCUT2D eigenvalue weighted by Crippen LogP contribution is 2.19. The van der Waals surface area contributed by atoms with Gasteiger partial charge in [-0.05, 0) is 32.0 Å². The number of carbonyl (C=O) groups is 1. The molecule has 5 nitrogen and oxygen atoms in total. The molecule has 0 aliphatic heterocycles. The normalized spacial score (nSPS) is 13.0. The van der Waals surface area contributed by atoms with Gasteiger partial charge in [-0.2, -0.15) is 8.75 Å². The van der Waals surface area contributed by atoms with Crippen molar-refractivity contribution in [2.24, 2.45) is 4.99 Å². The van der Waals surface area contributed by atoms with Crippen LogP contribution in [0.25, 0.3) is 11.0 Å². The number of hydrogen-bond acceptors (Lipinski definition) is 6. The molecule has 2 rings (SSSR count). The molecule has 0 saturated carbocycles. The van der Waals surface area contributed by atoms with E-state index in [2.05, 4.69) is 13.7 Å². The van der Waals surface area contributed by atoms with Crippen molar-refractivity contribution in [1.82, 2.24) is 8.75 Å². The third-order valence-electron chi connectivity index (χ3n) is 2.35. The summed E-state index contributed by atoms with van der Waals surface area (Å²) in [5.74, 6) is -0.266.